The summed E-state index contributed by atoms with van der Waals surface area (Å²) in [5.41, 5.74) is 2.57. The number of morpholine rings is 1. The summed E-state index contributed by atoms with van der Waals surface area (Å²) in [5, 5.41) is 0. The van der Waals surface area contributed by atoms with Gasteiger partial charge in [-0.05, 0) is 18.1 Å². The molecule has 0 saturated carbocycles. The van der Waals surface area contributed by atoms with Crippen LogP contribution in [0.2, 0.25) is 0 Å². The Hall–Kier alpha value is -2.23. The molecular weight excluding hydrogens is 322 g/mol. The molecule has 26 heavy (non-hydrogen) atoms. The molecule has 1 unspecified atom stereocenters. The Morgan fingerprint density at radius 1 is 1.15 bits per heavy atom. The highest BCUT2D eigenvalue weighted by atomic mass is 16.5. The summed E-state index contributed by atoms with van der Waals surface area (Å²) in [7, 11) is 0. The van der Waals surface area contributed by atoms with Gasteiger partial charge < -0.3 is 4.74 Å². The van der Waals surface area contributed by atoms with Crippen molar-refractivity contribution in [2.45, 2.75) is 31.9 Å². The molecule has 1 aliphatic heterocycles. The van der Waals surface area contributed by atoms with Crippen LogP contribution in [0.1, 0.15) is 30.4 Å². The molecule has 0 aliphatic carbocycles. The van der Waals surface area contributed by atoms with Crippen LogP contribution in [0.15, 0.2) is 72.8 Å². The second-order valence-corrected chi connectivity index (χ2v) is 6.90. The Kier molecular flexibility index (Phi) is 6.75. The van der Waals surface area contributed by atoms with Crippen molar-refractivity contribution in [3.05, 3.63) is 83.9 Å². The van der Waals surface area contributed by atoms with Crippen LogP contribution >= 0.6 is 0 Å². The van der Waals surface area contributed by atoms with Crippen molar-refractivity contribution in [3.63, 3.8) is 0 Å². The molecule has 3 heteroatoms. The molecule has 0 amide bonds. The van der Waals surface area contributed by atoms with Gasteiger partial charge in [0.25, 0.3) is 0 Å². The van der Waals surface area contributed by atoms with Gasteiger partial charge in [0.15, 0.2) is 0 Å². The first kappa shape index (κ1) is 18.6. The smallest absolute Gasteiger partial charge is 0.133 e. The van der Waals surface area contributed by atoms with E-state index in [1.807, 2.05) is 12.1 Å². The lowest BCUT2D eigenvalue weighted by Crippen LogP contribution is -2.44. The minimum absolute atomic E-state index is 0.0954. The second kappa shape index (κ2) is 9.46. The fourth-order valence-electron chi connectivity index (χ4n) is 3.44. The third-order valence-electron chi connectivity index (χ3n) is 4.76. The molecule has 1 fully saturated rings. The van der Waals surface area contributed by atoms with Gasteiger partial charge in [0.05, 0.1) is 12.7 Å². The van der Waals surface area contributed by atoms with Crippen LogP contribution in [-0.2, 0) is 16.1 Å². The summed E-state index contributed by atoms with van der Waals surface area (Å²) in [4.78, 5) is 13.8. The highest BCUT2D eigenvalue weighted by Gasteiger charge is 2.27. The predicted octanol–water partition coefficient (Wildman–Crippen LogP) is 4.21. The van der Waals surface area contributed by atoms with Crippen molar-refractivity contribution in [1.29, 1.82) is 0 Å². The number of hydrogen-bond donors (Lipinski definition) is 0. The number of allylic oxidation sites excluding steroid dienone is 1. The highest BCUT2D eigenvalue weighted by molar-refractivity contribution is 5.77. The van der Waals surface area contributed by atoms with Gasteiger partial charge in [-0.1, -0.05) is 72.8 Å². The van der Waals surface area contributed by atoms with Crippen molar-refractivity contribution in [2.24, 2.45) is 0 Å². The van der Waals surface area contributed by atoms with Crippen LogP contribution in [0, 0.1) is 0 Å². The molecule has 1 saturated heterocycles. The largest absolute Gasteiger partial charge is 0.375 e. The lowest BCUT2D eigenvalue weighted by Gasteiger charge is -2.36. The molecule has 2 atom stereocenters. The van der Waals surface area contributed by atoms with Gasteiger partial charge >= 0.3 is 0 Å². The van der Waals surface area contributed by atoms with E-state index in [0.717, 1.165) is 26.2 Å². The Bertz CT molecular complexity index is 712. The van der Waals surface area contributed by atoms with Crippen LogP contribution in [0.4, 0.5) is 0 Å². The first-order valence-corrected chi connectivity index (χ1v) is 9.31. The lowest BCUT2D eigenvalue weighted by molar-refractivity contribution is -0.116. The fraction of sp³-hybridized carbons (Fsp3) is 0.348. The van der Waals surface area contributed by atoms with E-state index in [1.54, 1.807) is 6.92 Å². The summed E-state index contributed by atoms with van der Waals surface area (Å²) < 4.78 is 6.14. The fourth-order valence-corrected chi connectivity index (χ4v) is 3.44. The Labute approximate surface area is 156 Å². The van der Waals surface area contributed by atoms with Crippen LogP contribution in [0.25, 0.3) is 0 Å². The van der Waals surface area contributed by atoms with Crippen LogP contribution in [0.5, 0.6) is 0 Å². The number of rotatable bonds is 7. The molecule has 0 spiro atoms. The first-order chi connectivity index (χ1) is 12.7. The second-order valence-electron chi connectivity index (χ2n) is 6.90. The maximum Gasteiger partial charge on any atom is 0.133 e. The average Bonchev–Trinajstić information content (AvgIpc) is 2.67. The number of carbonyl (C=O) groups excluding carboxylic acids is 1. The van der Waals surface area contributed by atoms with Crippen molar-refractivity contribution < 1.29 is 9.53 Å². The minimum Gasteiger partial charge on any atom is -0.375 e. The van der Waals surface area contributed by atoms with Gasteiger partial charge in [-0.2, -0.15) is 0 Å². The van der Waals surface area contributed by atoms with Gasteiger partial charge in [-0.15, -0.1) is 0 Å². The highest BCUT2D eigenvalue weighted by Crippen LogP contribution is 2.27. The quantitative estimate of drug-likeness (QED) is 0.702. The van der Waals surface area contributed by atoms with E-state index in [1.165, 1.54) is 11.1 Å². The van der Waals surface area contributed by atoms with E-state index in [4.69, 9.17) is 4.74 Å². The summed E-state index contributed by atoms with van der Waals surface area (Å²) >= 11 is 0. The maximum atomic E-state index is 11.3. The number of ether oxygens (including phenoxy) is 1. The monoisotopic (exact) mass is 349 g/mol. The zero-order chi connectivity index (χ0) is 18.2. The standard InChI is InChI=1S/C23H27NO2/c1-19(25)9-8-14-22(21-12-6-3-7-13-21)23-18-24(15-16-26-23)17-20-10-4-2-5-11-20/h2-8,10-14,22-23H,9,15-18H2,1H3/b14-8+/t22?,23-/m0/s1. The first-order valence-electron chi connectivity index (χ1n) is 9.31. The van der Waals surface area contributed by atoms with Gasteiger partial charge in [0.2, 0.25) is 0 Å². The van der Waals surface area contributed by atoms with Crippen molar-refractivity contribution in [1.82, 2.24) is 4.90 Å². The number of benzene rings is 2. The number of Topliss-reactive ketones (excluding diaryl/α,β-unsaturated/α-hetero) is 1. The number of carbonyl (C=O) groups is 1. The molecule has 2 aromatic rings. The molecule has 0 N–H and O–H groups in total. The van der Waals surface area contributed by atoms with E-state index < -0.39 is 0 Å². The Balaban J connectivity index is 1.72. The average molecular weight is 349 g/mol. The molecule has 0 radical (unpaired) electrons. The number of hydrogen-bond acceptors (Lipinski definition) is 3. The molecule has 0 bridgehead atoms. The van der Waals surface area contributed by atoms with Crippen molar-refractivity contribution >= 4 is 5.78 Å². The lowest BCUT2D eigenvalue weighted by atomic mass is 9.91. The summed E-state index contributed by atoms with van der Waals surface area (Å²) in [6.07, 6.45) is 4.70. The third-order valence-corrected chi connectivity index (χ3v) is 4.76. The van der Waals surface area contributed by atoms with Gasteiger partial charge in [-0.3, -0.25) is 9.69 Å². The van der Waals surface area contributed by atoms with E-state index in [2.05, 4.69) is 65.6 Å². The topological polar surface area (TPSA) is 29.5 Å². The normalized spacial score (nSPS) is 19.5. The Morgan fingerprint density at radius 2 is 1.85 bits per heavy atom. The van der Waals surface area contributed by atoms with Crippen LogP contribution in [-0.4, -0.2) is 36.5 Å². The van der Waals surface area contributed by atoms with E-state index in [-0.39, 0.29) is 17.8 Å². The number of ketones is 1. The van der Waals surface area contributed by atoms with Gasteiger partial charge in [0.1, 0.15) is 5.78 Å². The van der Waals surface area contributed by atoms with E-state index >= 15 is 0 Å². The van der Waals surface area contributed by atoms with E-state index in [0.29, 0.717) is 6.42 Å². The SMILES string of the molecule is CC(=O)C/C=C/C(c1ccccc1)[C@@H]1CN(Cc2ccccc2)CCO1. The zero-order valence-corrected chi connectivity index (χ0v) is 15.4. The molecule has 1 aliphatic rings. The van der Waals surface area contributed by atoms with Gasteiger partial charge in [0, 0.05) is 32.0 Å². The summed E-state index contributed by atoms with van der Waals surface area (Å²) in [6, 6.07) is 21.0. The van der Waals surface area contributed by atoms with Gasteiger partial charge in [-0.25, -0.2) is 0 Å². The third kappa shape index (κ3) is 5.38. The number of nitrogens with zero attached hydrogens (tertiary/aromatic N) is 1. The molecule has 2 aromatic carbocycles. The van der Waals surface area contributed by atoms with Crippen molar-refractivity contribution in [3.8, 4) is 0 Å². The maximum absolute atomic E-state index is 11.3. The molecule has 3 nitrogen and oxygen atoms in total. The predicted molar refractivity (Wildman–Crippen MR) is 105 cm³/mol. The molecule has 136 valence electrons. The minimum atomic E-state index is 0.0954. The van der Waals surface area contributed by atoms with Crippen LogP contribution in [0.3, 0.4) is 0 Å². The molecular formula is C23H27NO2. The molecule has 3 rings (SSSR count). The Morgan fingerprint density at radius 3 is 2.54 bits per heavy atom. The summed E-state index contributed by atoms with van der Waals surface area (Å²) in [6.45, 7) is 5.14. The molecule has 0 aromatic heterocycles. The zero-order valence-electron chi connectivity index (χ0n) is 15.4. The van der Waals surface area contributed by atoms with E-state index in [9.17, 15) is 4.79 Å². The van der Waals surface area contributed by atoms with Crippen LogP contribution < -0.4 is 0 Å². The van der Waals surface area contributed by atoms with Crippen molar-refractivity contribution in [2.75, 3.05) is 19.7 Å². The summed E-state index contributed by atoms with van der Waals surface area (Å²) in [5.74, 6) is 0.345. The molecule has 1 heterocycles.